The van der Waals surface area contributed by atoms with E-state index in [2.05, 4.69) is 15.2 Å². The number of amides is 1. The molecule has 8 nitrogen and oxygen atoms in total. The Balaban J connectivity index is 1.89. The molecule has 23 heavy (non-hydrogen) atoms. The summed E-state index contributed by atoms with van der Waals surface area (Å²) < 4.78 is 25.1. The summed E-state index contributed by atoms with van der Waals surface area (Å²) in [7, 11) is -3.05. The lowest BCUT2D eigenvalue weighted by Crippen LogP contribution is -2.53. The number of carbonyl (C=O) groups is 1. The summed E-state index contributed by atoms with van der Waals surface area (Å²) in [6.07, 6.45) is 0.707. The quantitative estimate of drug-likeness (QED) is 0.530. The van der Waals surface area contributed by atoms with Gasteiger partial charge in [-0.3, -0.25) is 9.79 Å². The number of carbonyl (C=O) groups excluding carboxylic acids is 1. The molecule has 1 amide bonds. The van der Waals surface area contributed by atoms with E-state index in [1.54, 1.807) is 6.92 Å². The monoisotopic (exact) mass is 345 g/mol. The smallest absolute Gasteiger partial charge is 0.219 e. The molecule has 2 rings (SSSR count). The standard InChI is InChI=1S/C14H27N5O3S/c1-3-15-14(18-10-8-17(9-11-18)13(2)20)16-5-7-19-6-4-12-23(19,21)22/h3-12H2,1-2H3,(H,15,16). The molecule has 2 aliphatic rings. The molecule has 2 aliphatic heterocycles. The summed E-state index contributed by atoms with van der Waals surface area (Å²) in [6, 6.07) is 0. The second-order valence-corrected chi connectivity index (χ2v) is 7.89. The summed E-state index contributed by atoms with van der Waals surface area (Å²) in [5.41, 5.74) is 0. The molecule has 2 fully saturated rings. The number of hydrogen-bond acceptors (Lipinski definition) is 4. The molecule has 9 heteroatoms. The van der Waals surface area contributed by atoms with Crippen molar-refractivity contribution in [2.24, 2.45) is 4.99 Å². The minimum Gasteiger partial charge on any atom is -0.357 e. The molecule has 132 valence electrons. The Kier molecular flexibility index (Phi) is 6.23. The summed E-state index contributed by atoms with van der Waals surface area (Å²) in [5, 5.41) is 3.25. The van der Waals surface area contributed by atoms with E-state index in [4.69, 9.17) is 0 Å². The fourth-order valence-electron chi connectivity index (χ4n) is 2.87. The minimum absolute atomic E-state index is 0.103. The number of nitrogens with zero attached hydrogens (tertiary/aromatic N) is 4. The van der Waals surface area contributed by atoms with Crippen LogP contribution in [-0.4, -0.2) is 92.5 Å². The number of hydrogen-bond donors (Lipinski definition) is 1. The average molecular weight is 345 g/mol. The molecule has 0 bridgehead atoms. The molecule has 0 aromatic rings. The first-order valence-corrected chi connectivity index (χ1v) is 9.81. The molecule has 0 radical (unpaired) electrons. The van der Waals surface area contributed by atoms with Crippen LogP contribution in [0.25, 0.3) is 0 Å². The van der Waals surface area contributed by atoms with E-state index in [0.717, 1.165) is 25.6 Å². The Hall–Kier alpha value is -1.35. The highest BCUT2D eigenvalue weighted by Crippen LogP contribution is 2.12. The first-order valence-electron chi connectivity index (χ1n) is 8.20. The highest BCUT2D eigenvalue weighted by molar-refractivity contribution is 7.89. The zero-order valence-electron chi connectivity index (χ0n) is 14.0. The van der Waals surface area contributed by atoms with Gasteiger partial charge in [0.1, 0.15) is 0 Å². The van der Waals surface area contributed by atoms with Gasteiger partial charge in [-0.1, -0.05) is 0 Å². The second kappa shape index (κ2) is 7.96. The van der Waals surface area contributed by atoms with Gasteiger partial charge in [0.05, 0.1) is 12.3 Å². The summed E-state index contributed by atoms with van der Waals surface area (Å²) >= 11 is 0. The van der Waals surface area contributed by atoms with Crippen molar-refractivity contribution < 1.29 is 13.2 Å². The van der Waals surface area contributed by atoms with Crippen molar-refractivity contribution in [2.75, 3.05) is 58.1 Å². The molecule has 0 unspecified atom stereocenters. The fourth-order valence-corrected chi connectivity index (χ4v) is 4.39. The lowest BCUT2D eigenvalue weighted by molar-refractivity contribution is -0.130. The van der Waals surface area contributed by atoms with Crippen LogP contribution in [0.5, 0.6) is 0 Å². The van der Waals surface area contributed by atoms with Gasteiger partial charge in [-0.25, -0.2) is 12.7 Å². The maximum absolute atomic E-state index is 11.8. The van der Waals surface area contributed by atoms with Crippen molar-refractivity contribution in [3.63, 3.8) is 0 Å². The van der Waals surface area contributed by atoms with Gasteiger partial charge in [-0.05, 0) is 13.3 Å². The number of piperazine rings is 1. The highest BCUT2D eigenvalue weighted by atomic mass is 32.2. The van der Waals surface area contributed by atoms with Gasteiger partial charge in [-0.15, -0.1) is 0 Å². The molecular formula is C14H27N5O3S. The van der Waals surface area contributed by atoms with E-state index < -0.39 is 10.0 Å². The Morgan fingerprint density at radius 3 is 2.30 bits per heavy atom. The lowest BCUT2D eigenvalue weighted by atomic mass is 10.3. The molecule has 0 atom stereocenters. The average Bonchev–Trinajstić information content (AvgIpc) is 2.85. The van der Waals surface area contributed by atoms with Gasteiger partial charge < -0.3 is 15.1 Å². The van der Waals surface area contributed by atoms with Crippen LogP contribution in [0.15, 0.2) is 4.99 Å². The van der Waals surface area contributed by atoms with Crippen LogP contribution < -0.4 is 5.32 Å². The number of rotatable bonds is 4. The molecule has 0 spiro atoms. The molecular weight excluding hydrogens is 318 g/mol. The van der Waals surface area contributed by atoms with Crippen LogP contribution in [0.4, 0.5) is 0 Å². The molecule has 2 heterocycles. The van der Waals surface area contributed by atoms with E-state index in [1.807, 2.05) is 11.8 Å². The molecule has 0 aromatic carbocycles. The first-order chi connectivity index (χ1) is 10.9. The predicted molar refractivity (Wildman–Crippen MR) is 89.8 cm³/mol. The maximum atomic E-state index is 11.8. The number of guanidine groups is 1. The van der Waals surface area contributed by atoms with Crippen LogP contribution in [0, 0.1) is 0 Å². The molecule has 2 saturated heterocycles. The SMILES string of the molecule is CCNC(=NCCN1CCCS1(=O)=O)N1CCN(C(C)=O)CC1. The van der Waals surface area contributed by atoms with Crippen LogP contribution in [0.3, 0.4) is 0 Å². The number of nitrogens with one attached hydrogen (secondary N) is 1. The zero-order valence-corrected chi connectivity index (χ0v) is 14.8. The largest absolute Gasteiger partial charge is 0.357 e. The van der Waals surface area contributed by atoms with Gasteiger partial charge in [0.2, 0.25) is 15.9 Å². The summed E-state index contributed by atoms with van der Waals surface area (Å²) in [4.78, 5) is 19.9. The Morgan fingerprint density at radius 2 is 1.78 bits per heavy atom. The Morgan fingerprint density at radius 1 is 1.13 bits per heavy atom. The maximum Gasteiger partial charge on any atom is 0.219 e. The molecule has 1 N–H and O–H groups in total. The molecule has 0 saturated carbocycles. The second-order valence-electron chi connectivity index (χ2n) is 5.80. The fraction of sp³-hybridized carbons (Fsp3) is 0.857. The predicted octanol–water partition coefficient (Wildman–Crippen LogP) is -0.848. The highest BCUT2D eigenvalue weighted by Gasteiger charge is 2.27. The lowest BCUT2D eigenvalue weighted by Gasteiger charge is -2.36. The zero-order chi connectivity index (χ0) is 16.9. The molecule has 0 aliphatic carbocycles. The van der Waals surface area contributed by atoms with Crippen molar-refractivity contribution in [1.82, 2.24) is 19.4 Å². The third-order valence-corrected chi connectivity index (χ3v) is 6.13. The number of sulfonamides is 1. The van der Waals surface area contributed by atoms with Gasteiger partial charge in [0.25, 0.3) is 0 Å². The van der Waals surface area contributed by atoms with Gasteiger partial charge in [-0.2, -0.15) is 0 Å². The minimum atomic E-state index is -3.05. The topological polar surface area (TPSA) is 85.3 Å². The number of aliphatic imine (C=N–C) groups is 1. The van der Waals surface area contributed by atoms with Crippen LogP contribution in [0.2, 0.25) is 0 Å². The van der Waals surface area contributed by atoms with Crippen molar-refractivity contribution in [3.8, 4) is 0 Å². The van der Waals surface area contributed by atoms with Crippen molar-refractivity contribution in [1.29, 1.82) is 0 Å². The van der Waals surface area contributed by atoms with E-state index in [-0.39, 0.29) is 11.7 Å². The normalized spacial score (nSPS) is 22.4. The van der Waals surface area contributed by atoms with E-state index in [0.29, 0.717) is 39.1 Å². The van der Waals surface area contributed by atoms with Crippen molar-refractivity contribution in [2.45, 2.75) is 20.3 Å². The van der Waals surface area contributed by atoms with Gasteiger partial charge in [0.15, 0.2) is 5.96 Å². The third-order valence-electron chi connectivity index (χ3n) is 4.17. The van der Waals surface area contributed by atoms with Crippen LogP contribution in [-0.2, 0) is 14.8 Å². The van der Waals surface area contributed by atoms with E-state index in [9.17, 15) is 13.2 Å². The van der Waals surface area contributed by atoms with Crippen molar-refractivity contribution in [3.05, 3.63) is 0 Å². The van der Waals surface area contributed by atoms with Gasteiger partial charge in [0, 0.05) is 52.7 Å². The Bertz CT molecular complexity index is 541. The summed E-state index contributed by atoms with van der Waals surface area (Å²) in [6.45, 7) is 8.72. The van der Waals surface area contributed by atoms with E-state index >= 15 is 0 Å². The Labute approximate surface area is 138 Å². The van der Waals surface area contributed by atoms with E-state index in [1.165, 1.54) is 4.31 Å². The van der Waals surface area contributed by atoms with Crippen LogP contribution in [0.1, 0.15) is 20.3 Å². The van der Waals surface area contributed by atoms with Crippen LogP contribution >= 0.6 is 0 Å². The van der Waals surface area contributed by atoms with Gasteiger partial charge >= 0.3 is 0 Å². The molecule has 0 aromatic heterocycles. The summed E-state index contributed by atoms with van der Waals surface area (Å²) in [5.74, 6) is 1.15. The third kappa shape index (κ3) is 4.81. The van der Waals surface area contributed by atoms with Crippen molar-refractivity contribution >= 4 is 21.9 Å². The first kappa shape index (κ1) is 18.0.